The number of nitrogens with one attached hydrogen (secondary N) is 1. The van der Waals surface area contributed by atoms with Crippen LogP contribution in [0.25, 0.3) is 11.1 Å². The summed E-state index contributed by atoms with van der Waals surface area (Å²) in [6.07, 6.45) is -4.66. The number of fused-ring (bicyclic) bond motifs is 1. The van der Waals surface area contributed by atoms with Gasteiger partial charge >= 0.3 is 6.18 Å². The molecule has 0 bridgehead atoms. The van der Waals surface area contributed by atoms with Crippen LogP contribution in [0.5, 0.6) is 5.75 Å². The number of hydrogen-bond donors (Lipinski definition) is 2. The average molecular weight is 408 g/mol. The highest BCUT2D eigenvalue weighted by molar-refractivity contribution is 5.94. The summed E-state index contributed by atoms with van der Waals surface area (Å²) in [7, 11) is 0. The van der Waals surface area contributed by atoms with Crippen molar-refractivity contribution in [1.29, 1.82) is 0 Å². The summed E-state index contributed by atoms with van der Waals surface area (Å²) in [4.78, 5) is 12.1. The van der Waals surface area contributed by atoms with E-state index in [1.807, 2.05) is 6.92 Å². The number of halogens is 3. The molecule has 5 nitrogen and oxygen atoms in total. The molecule has 8 heteroatoms. The quantitative estimate of drug-likeness (QED) is 0.689. The van der Waals surface area contributed by atoms with E-state index in [-0.39, 0.29) is 18.2 Å². The minimum Gasteiger partial charge on any atom is -0.488 e. The van der Waals surface area contributed by atoms with E-state index in [1.54, 1.807) is 30.3 Å². The maximum atomic E-state index is 13.5. The first-order chi connectivity index (χ1) is 13.8. The van der Waals surface area contributed by atoms with Crippen molar-refractivity contribution in [2.75, 3.05) is 26.3 Å². The maximum Gasteiger partial charge on any atom is 0.419 e. The Balaban J connectivity index is 1.83. The number of nitrogens with two attached hydrogens (primary N) is 1. The van der Waals surface area contributed by atoms with Crippen LogP contribution in [-0.2, 0) is 17.3 Å². The van der Waals surface area contributed by atoms with E-state index in [4.69, 9.17) is 15.2 Å². The summed E-state index contributed by atoms with van der Waals surface area (Å²) in [6.45, 7) is 3.39. The van der Waals surface area contributed by atoms with E-state index in [9.17, 15) is 18.0 Å². The molecule has 0 saturated carbocycles. The SMILES string of the molecule is CCOCCNC(=O)c1ccc(-c2cc3c(c(C(F)(F)F)c2)OC(CN)C3)cc1. The number of ether oxygens (including phenoxy) is 2. The van der Waals surface area contributed by atoms with Gasteiger partial charge in [-0.15, -0.1) is 0 Å². The molecule has 156 valence electrons. The first kappa shape index (κ1) is 21.1. The van der Waals surface area contributed by atoms with E-state index >= 15 is 0 Å². The number of rotatable bonds is 7. The van der Waals surface area contributed by atoms with E-state index in [1.165, 1.54) is 0 Å². The highest BCUT2D eigenvalue weighted by atomic mass is 19.4. The van der Waals surface area contributed by atoms with Gasteiger partial charge in [-0.3, -0.25) is 4.79 Å². The molecule has 1 aliphatic rings. The number of carbonyl (C=O) groups is 1. The van der Waals surface area contributed by atoms with Gasteiger partial charge in [0, 0.05) is 31.7 Å². The van der Waals surface area contributed by atoms with Gasteiger partial charge in [0.2, 0.25) is 0 Å². The molecule has 29 heavy (non-hydrogen) atoms. The Bertz CT molecular complexity index is 867. The first-order valence-corrected chi connectivity index (χ1v) is 9.40. The monoisotopic (exact) mass is 408 g/mol. The number of alkyl halides is 3. The van der Waals surface area contributed by atoms with Crippen molar-refractivity contribution < 1.29 is 27.4 Å². The summed E-state index contributed by atoms with van der Waals surface area (Å²) in [5, 5.41) is 2.73. The molecule has 1 aliphatic heterocycles. The average Bonchev–Trinajstić information content (AvgIpc) is 3.13. The molecule has 1 heterocycles. The molecule has 3 N–H and O–H groups in total. The minimum atomic E-state index is -4.54. The molecular formula is C21H23F3N2O3. The maximum absolute atomic E-state index is 13.5. The Hall–Kier alpha value is -2.58. The molecule has 1 unspecified atom stereocenters. The van der Waals surface area contributed by atoms with Gasteiger partial charge in [-0.1, -0.05) is 12.1 Å². The fourth-order valence-corrected chi connectivity index (χ4v) is 3.24. The number of benzene rings is 2. The molecule has 0 aromatic heterocycles. The van der Waals surface area contributed by atoms with Crippen LogP contribution in [0.4, 0.5) is 13.2 Å². The lowest BCUT2D eigenvalue weighted by Gasteiger charge is -2.15. The highest BCUT2D eigenvalue weighted by Crippen LogP contribution is 2.44. The molecule has 1 amide bonds. The molecule has 0 aliphatic carbocycles. The molecule has 0 spiro atoms. The van der Waals surface area contributed by atoms with Gasteiger partial charge in [0.15, 0.2) is 0 Å². The standard InChI is InChI=1S/C21H23F3N2O3/c1-2-28-8-7-26-20(27)14-5-3-13(4-6-14)15-9-16-10-17(12-25)29-19(16)18(11-15)21(22,23)24/h3-6,9,11,17H,2,7-8,10,12,25H2,1H3,(H,26,27). The summed E-state index contributed by atoms with van der Waals surface area (Å²) in [5.74, 6) is -0.401. The third-order valence-electron chi connectivity index (χ3n) is 4.68. The normalized spacial score (nSPS) is 15.7. The molecule has 2 aromatic carbocycles. The number of hydrogen-bond acceptors (Lipinski definition) is 4. The molecule has 3 rings (SSSR count). The van der Waals surface area contributed by atoms with Crippen molar-refractivity contribution in [3.8, 4) is 16.9 Å². The van der Waals surface area contributed by atoms with Crippen molar-refractivity contribution in [3.05, 3.63) is 53.1 Å². The minimum absolute atomic E-state index is 0.137. The van der Waals surface area contributed by atoms with Crippen molar-refractivity contribution in [3.63, 3.8) is 0 Å². The van der Waals surface area contributed by atoms with Gasteiger partial charge < -0.3 is 20.5 Å². The smallest absolute Gasteiger partial charge is 0.419 e. The summed E-state index contributed by atoms with van der Waals surface area (Å²) >= 11 is 0. The largest absolute Gasteiger partial charge is 0.488 e. The predicted octanol–water partition coefficient (Wildman–Crippen LogP) is 3.40. The van der Waals surface area contributed by atoms with Crippen LogP contribution >= 0.6 is 0 Å². The summed E-state index contributed by atoms with van der Waals surface area (Å²) in [6, 6.07) is 9.22. The van der Waals surface area contributed by atoms with Crippen molar-refractivity contribution in [2.24, 2.45) is 5.73 Å². The zero-order valence-corrected chi connectivity index (χ0v) is 16.0. The summed E-state index contributed by atoms with van der Waals surface area (Å²) < 4.78 is 51.2. The topological polar surface area (TPSA) is 73.6 Å². The third kappa shape index (κ3) is 4.89. The first-order valence-electron chi connectivity index (χ1n) is 9.40. The molecule has 0 radical (unpaired) electrons. The van der Waals surface area contributed by atoms with Gasteiger partial charge in [0.1, 0.15) is 11.9 Å². The second-order valence-electron chi connectivity index (χ2n) is 6.72. The van der Waals surface area contributed by atoms with Gasteiger partial charge in [-0.2, -0.15) is 13.2 Å². The van der Waals surface area contributed by atoms with Gasteiger partial charge in [-0.05, 0) is 47.9 Å². The van der Waals surface area contributed by atoms with Crippen LogP contribution in [0.1, 0.15) is 28.4 Å². The Morgan fingerprint density at radius 1 is 1.24 bits per heavy atom. The van der Waals surface area contributed by atoms with Crippen molar-refractivity contribution >= 4 is 5.91 Å². The summed E-state index contributed by atoms with van der Waals surface area (Å²) in [5.41, 5.74) is 6.67. The fourth-order valence-electron chi connectivity index (χ4n) is 3.24. The molecule has 2 aromatic rings. The zero-order chi connectivity index (χ0) is 21.0. The Labute approximate surface area is 167 Å². The third-order valence-corrected chi connectivity index (χ3v) is 4.68. The van der Waals surface area contributed by atoms with E-state index in [0.717, 1.165) is 6.07 Å². The van der Waals surface area contributed by atoms with Crippen LogP contribution < -0.4 is 15.8 Å². The van der Waals surface area contributed by atoms with Crippen LogP contribution in [0.2, 0.25) is 0 Å². The lowest BCUT2D eigenvalue weighted by molar-refractivity contribution is -0.138. The molecule has 0 saturated heterocycles. The fraction of sp³-hybridized carbons (Fsp3) is 0.381. The van der Waals surface area contributed by atoms with E-state index < -0.39 is 17.8 Å². The highest BCUT2D eigenvalue weighted by Gasteiger charge is 2.39. The van der Waals surface area contributed by atoms with E-state index in [2.05, 4.69) is 5.32 Å². The second-order valence-corrected chi connectivity index (χ2v) is 6.72. The Morgan fingerprint density at radius 2 is 1.97 bits per heavy atom. The molecule has 1 atom stereocenters. The number of carbonyl (C=O) groups excluding carboxylic acids is 1. The van der Waals surface area contributed by atoms with Crippen molar-refractivity contribution in [1.82, 2.24) is 5.32 Å². The van der Waals surface area contributed by atoms with E-state index in [0.29, 0.717) is 48.4 Å². The van der Waals surface area contributed by atoms with Crippen LogP contribution in [0.3, 0.4) is 0 Å². The van der Waals surface area contributed by atoms with Gasteiger partial charge in [0.05, 0.1) is 12.2 Å². The van der Waals surface area contributed by atoms with Crippen LogP contribution in [-0.4, -0.2) is 38.3 Å². The Kier molecular flexibility index (Phi) is 6.44. The predicted molar refractivity (Wildman–Crippen MR) is 103 cm³/mol. The lowest BCUT2D eigenvalue weighted by atomic mass is 9.96. The number of amides is 1. The zero-order valence-electron chi connectivity index (χ0n) is 16.0. The molecular weight excluding hydrogens is 385 g/mol. The van der Waals surface area contributed by atoms with Gasteiger partial charge in [-0.25, -0.2) is 0 Å². The van der Waals surface area contributed by atoms with Crippen molar-refractivity contribution in [2.45, 2.75) is 25.6 Å². The van der Waals surface area contributed by atoms with Crippen LogP contribution in [0.15, 0.2) is 36.4 Å². The molecule has 0 fully saturated rings. The lowest BCUT2D eigenvalue weighted by Crippen LogP contribution is -2.27. The Morgan fingerprint density at radius 3 is 2.59 bits per heavy atom. The second kappa shape index (κ2) is 8.84. The van der Waals surface area contributed by atoms with Crippen LogP contribution in [0, 0.1) is 0 Å². The van der Waals surface area contributed by atoms with Gasteiger partial charge in [0.25, 0.3) is 5.91 Å².